The molecule has 2 heterocycles. The highest BCUT2D eigenvalue weighted by Crippen LogP contribution is 2.15. The smallest absolute Gasteiger partial charge is 0.237 e. The van der Waals surface area contributed by atoms with Crippen molar-refractivity contribution in [1.29, 1.82) is 0 Å². The van der Waals surface area contributed by atoms with E-state index in [0.29, 0.717) is 6.42 Å². The Morgan fingerprint density at radius 3 is 3.30 bits per heavy atom. The lowest BCUT2D eigenvalue weighted by atomic mass is 10.4. The van der Waals surface area contributed by atoms with Crippen LogP contribution in [-0.2, 0) is 0 Å². The van der Waals surface area contributed by atoms with Crippen molar-refractivity contribution in [3.05, 3.63) is 18.3 Å². The first-order valence-corrected chi connectivity index (χ1v) is 3.11. The van der Waals surface area contributed by atoms with Gasteiger partial charge in [0, 0.05) is 12.4 Å². The second-order valence-corrected chi connectivity index (χ2v) is 2.15. The van der Waals surface area contributed by atoms with Crippen molar-refractivity contribution in [2.45, 2.75) is 6.42 Å². The number of rotatable bonds is 0. The zero-order valence-corrected chi connectivity index (χ0v) is 5.32. The van der Waals surface area contributed by atoms with Crippen LogP contribution in [0.4, 0.5) is 5.82 Å². The van der Waals surface area contributed by atoms with Gasteiger partial charge in [0.2, 0.25) is 5.91 Å². The molecule has 3 nitrogen and oxygen atoms in total. The Balaban J connectivity index is 2.62. The molecule has 50 valence electrons. The molecular formula is C7H6N2O. The quantitative estimate of drug-likeness (QED) is 0.525. The van der Waals surface area contributed by atoms with Gasteiger partial charge in [0.05, 0.1) is 6.42 Å². The predicted octanol–water partition coefficient (Wildman–Crippen LogP) is 1.23. The SMILES string of the molecule is O=C1CC=Nc2cccn21. The highest BCUT2D eigenvalue weighted by Gasteiger charge is 2.10. The molecule has 0 radical (unpaired) electrons. The zero-order chi connectivity index (χ0) is 6.97. The number of carbonyl (C=O) groups excluding carboxylic acids is 1. The number of nitrogens with zero attached hydrogens (tertiary/aromatic N) is 2. The fourth-order valence-corrected chi connectivity index (χ4v) is 1.00. The summed E-state index contributed by atoms with van der Waals surface area (Å²) in [4.78, 5) is 15.0. The van der Waals surface area contributed by atoms with Crippen LogP contribution in [0.2, 0.25) is 0 Å². The molecule has 2 rings (SSSR count). The summed E-state index contributed by atoms with van der Waals surface area (Å²) in [6.07, 6.45) is 3.79. The minimum atomic E-state index is 0.0926. The average molecular weight is 134 g/mol. The monoisotopic (exact) mass is 134 g/mol. The molecule has 0 saturated carbocycles. The van der Waals surface area contributed by atoms with E-state index in [4.69, 9.17) is 0 Å². The summed E-state index contributed by atoms with van der Waals surface area (Å²) in [7, 11) is 0. The minimum absolute atomic E-state index is 0.0926. The van der Waals surface area contributed by atoms with E-state index in [0.717, 1.165) is 5.82 Å². The third kappa shape index (κ3) is 0.603. The number of carbonyl (C=O) groups is 1. The molecule has 0 saturated heterocycles. The van der Waals surface area contributed by atoms with Crippen LogP contribution in [0, 0.1) is 0 Å². The van der Waals surface area contributed by atoms with Gasteiger partial charge in [-0.2, -0.15) is 0 Å². The molecule has 0 N–H and O–H groups in total. The van der Waals surface area contributed by atoms with Crippen LogP contribution < -0.4 is 0 Å². The van der Waals surface area contributed by atoms with Crippen LogP contribution in [0.15, 0.2) is 23.3 Å². The van der Waals surface area contributed by atoms with Gasteiger partial charge in [-0.3, -0.25) is 9.36 Å². The van der Waals surface area contributed by atoms with E-state index in [-0.39, 0.29) is 5.91 Å². The molecule has 1 aliphatic rings. The van der Waals surface area contributed by atoms with E-state index in [1.165, 1.54) is 0 Å². The lowest BCUT2D eigenvalue weighted by Gasteiger charge is -2.05. The maximum absolute atomic E-state index is 11.0. The molecule has 1 aromatic rings. The van der Waals surface area contributed by atoms with E-state index in [1.807, 2.05) is 12.1 Å². The summed E-state index contributed by atoms with van der Waals surface area (Å²) in [5, 5.41) is 0. The van der Waals surface area contributed by atoms with Crippen molar-refractivity contribution in [3.63, 3.8) is 0 Å². The molecule has 1 aromatic heterocycles. The summed E-state index contributed by atoms with van der Waals surface area (Å²) in [5.41, 5.74) is 0. The summed E-state index contributed by atoms with van der Waals surface area (Å²) in [6.45, 7) is 0. The fraction of sp³-hybridized carbons (Fsp3) is 0.143. The minimum Gasteiger partial charge on any atom is -0.274 e. The van der Waals surface area contributed by atoms with Crippen molar-refractivity contribution in [2.24, 2.45) is 4.99 Å². The van der Waals surface area contributed by atoms with Crippen LogP contribution >= 0.6 is 0 Å². The largest absolute Gasteiger partial charge is 0.274 e. The number of aliphatic imine (C=N–C) groups is 1. The van der Waals surface area contributed by atoms with E-state index in [2.05, 4.69) is 4.99 Å². The Labute approximate surface area is 58.0 Å². The first-order chi connectivity index (χ1) is 4.88. The van der Waals surface area contributed by atoms with Gasteiger partial charge < -0.3 is 0 Å². The molecule has 0 unspecified atom stereocenters. The van der Waals surface area contributed by atoms with Gasteiger partial charge in [-0.15, -0.1) is 0 Å². The lowest BCUT2D eigenvalue weighted by Crippen LogP contribution is -2.12. The Morgan fingerprint density at radius 2 is 2.50 bits per heavy atom. The third-order valence-electron chi connectivity index (χ3n) is 1.49. The molecule has 0 atom stereocenters. The van der Waals surface area contributed by atoms with Crippen molar-refractivity contribution < 1.29 is 4.79 Å². The zero-order valence-electron chi connectivity index (χ0n) is 5.32. The molecular weight excluding hydrogens is 128 g/mol. The second kappa shape index (κ2) is 1.80. The topological polar surface area (TPSA) is 34.4 Å². The maximum Gasteiger partial charge on any atom is 0.237 e. The van der Waals surface area contributed by atoms with Crippen molar-refractivity contribution in [1.82, 2.24) is 4.57 Å². The predicted molar refractivity (Wildman–Crippen MR) is 37.8 cm³/mol. The number of hydrogen-bond acceptors (Lipinski definition) is 2. The van der Waals surface area contributed by atoms with E-state index in [9.17, 15) is 4.79 Å². The van der Waals surface area contributed by atoms with Gasteiger partial charge in [-0.25, -0.2) is 4.99 Å². The first kappa shape index (κ1) is 5.41. The van der Waals surface area contributed by atoms with Crippen molar-refractivity contribution in [2.75, 3.05) is 0 Å². The summed E-state index contributed by atoms with van der Waals surface area (Å²) >= 11 is 0. The Hall–Kier alpha value is -1.38. The van der Waals surface area contributed by atoms with Gasteiger partial charge in [0.15, 0.2) is 0 Å². The van der Waals surface area contributed by atoms with E-state index < -0.39 is 0 Å². The van der Waals surface area contributed by atoms with Gasteiger partial charge in [0.1, 0.15) is 5.82 Å². The molecule has 3 heteroatoms. The van der Waals surface area contributed by atoms with Crippen molar-refractivity contribution in [3.8, 4) is 0 Å². The highest BCUT2D eigenvalue weighted by atomic mass is 16.2. The summed E-state index contributed by atoms with van der Waals surface area (Å²) < 4.78 is 1.56. The highest BCUT2D eigenvalue weighted by molar-refractivity contribution is 5.96. The maximum atomic E-state index is 11.0. The number of fused-ring (bicyclic) bond motifs is 1. The van der Waals surface area contributed by atoms with Gasteiger partial charge in [-0.05, 0) is 12.1 Å². The van der Waals surface area contributed by atoms with Gasteiger partial charge in [0.25, 0.3) is 0 Å². The van der Waals surface area contributed by atoms with Gasteiger partial charge >= 0.3 is 0 Å². The second-order valence-electron chi connectivity index (χ2n) is 2.15. The van der Waals surface area contributed by atoms with Gasteiger partial charge in [-0.1, -0.05) is 0 Å². The molecule has 1 aliphatic heterocycles. The van der Waals surface area contributed by atoms with Crippen LogP contribution in [0.1, 0.15) is 11.2 Å². The van der Waals surface area contributed by atoms with E-state index >= 15 is 0 Å². The van der Waals surface area contributed by atoms with Crippen LogP contribution in [0.3, 0.4) is 0 Å². The molecule has 10 heavy (non-hydrogen) atoms. The Bertz CT molecular complexity index is 298. The summed E-state index contributed by atoms with van der Waals surface area (Å²) in [5.74, 6) is 0.825. The van der Waals surface area contributed by atoms with Crippen LogP contribution in [-0.4, -0.2) is 16.7 Å². The van der Waals surface area contributed by atoms with Crippen LogP contribution in [0.5, 0.6) is 0 Å². The number of aromatic nitrogens is 1. The molecule has 0 bridgehead atoms. The van der Waals surface area contributed by atoms with Crippen LogP contribution in [0.25, 0.3) is 0 Å². The molecule has 0 spiro atoms. The van der Waals surface area contributed by atoms with Crippen molar-refractivity contribution >= 4 is 17.9 Å². The van der Waals surface area contributed by atoms with E-state index in [1.54, 1.807) is 17.0 Å². The average Bonchev–Trinajstić information content (AvgIpc) is 2.36. The first-order valence-electron chi connectivity index (χ1n) is 3.11. The third-order valence-corrected chi connectivity index (χ3v) is 1.49. The fourth-order valence-electron chi connectivity index (χ4n) is 1.00. The normalized spacial score (nSPS) is 15.4. The standard InChI is InChI=1S/C7H6N2O/c10-7-3-4-8-6-2-1-5-9(6)7/h1-2,4-5H,3H2. The molecule has 0 aromatic carbocycles. The number of hydrogen-bond donors (Lipinski definition) is 0. The Kier molecular flexibility index (Phi) is 0.974. The molecule has 0 amide bonds. The summed E-state index contributed by atoms with van der Waals surface area (Å²) in [6, 6.07) is 3.63. The lowest BCUT2D eigenvalue weighted by molar-refractivity contribution is 0.0923. The Morgan fingerprint density at radius 1 is 1.60 bits per heavy atom. The molecule has 0 aliphatic carbocycles. The molecule has 0 fully saturated rings.